The van der Waals surface area contributed by atoms with E-state index in [1.807, 2.05) is 18.4 Å². The zero-order valence-electron chi connectivity index (χ0n) is 16.2. The summed E-state index contributed by atoms with van der Waals surface area (Å²) in [6, 6.07) is 13.8. The number of sulfonamides is 1. The molecular weight excluding hydrogens is 422 g/mol. The first-order chi connectivity index (χ1) is 14.0. The number of aryl methyl sites for hydroxylation is 1. The fourth-order valence-corrected chi connectivity index (χ4v) is 6.64. The molecule has 1 aliphatic rings. The van der Waals surface area contributed by atoms with Gasteiger partial charge in [-0.2, -0.15) is 4.31 Å². The highest BCUT2D eigenvalue weighted by molar-refractivity contribution is 8.01. The largest absolute Gasteiger partial charge is 0.248 e. The Kier molecular flexibility index (Phi) is 6.34. The maximum absolute atomic E-state index is 13.0. The number of rotatable bonds is 6. The molecule has 0 bridgehead atoms. The van der Waals surface area contributed by atoms with Gasteiger partial charge in [-0.1, -0.05) is 30.3 Å². The van der Waals surface area contributed by atoms with Gasteiger partial charge in [-0.3, -0.25) is 0 Å². The molecule has 0 amide bonds. The van der Waals surface area contributed by atoms with Gasteiger partial charge in [0.15, 0.2) is 4.34 Å². The number of hydrogen-bond donors (Lipinski definition) is 0. The van der Waals surface area contributed by atoms with E-state index in [0.29, 0.717) is 19.0 Å². The fourth-order valence-electron chi connectivity index (χ4n) is 3.50. The first-order valence-corrected chi connectivity index (χ1v) is 12.7. The van der Waals surface area contributed by atoms with Crippen LogP contribution in [0.3, 0.4) is 0 Å². The maximum Gasteiger partial charge on any atom is 0.244 e. The molecule has 152 valence electrons. The van der Waals surface area contributed by atoms with E-state index in [1.165, 1.54) is 23.5 Å². The van der Waals surface area contributed by atoms with E-state index >= 15 is 0 Å². The highest BCUT2D eigenvalue weighted by Gasteiger charge is 2.29. The normalized spacial score (nSPS) is 16.2. The molecule has 0 atom stereocenters. The van der Waals surface area contributed by atoms with Crippen molar-refractivity contribution >= 4 is 33.1 Å². The second-order valence-corrected chi connectivity index (χ2v) is 11.3. The number of aromatic nitrogens is 2. The van der Waals surface area contributed by atoms with Crippen molar-refractivity contribution in [3.63, 3.8) is 0 Å². The van der Waals surface area contributed by atoms with E-state index in [0.717, 1.165) is 34.3 Å². The van der Waals surface area contributed by atoms with Crippen LogP contribution >= 0.6 is 23.1 Å². The van der Waals surface area contributed by atoms with E-state index in [4.69, 9.17) is 0 Å². The summed E-state index contributed by atoms with van der Waals surface area (Å²) in [4.78, 5) is 9.00. The summed E-state index contributed by atoms with van der Waals surface area (Å²) in [6.45, 7) is 3.08. The number of thiazole rings is 1. The topological polar surface area (TPSA) is 63.2 Å². The molecular formula is C21H23N3O2S3. The molecule has 1 fully saturated rings. The fraction of sp³-hybridized carbons (Fsp3) is 0.333. The molecule has 1 aromatic carbocycles. The first kappa shape index (κ1) is 20.5. The number of hydrogen-bond acceptors (Lipinski definition) is 6. The number of benzene rings is 1. The van der Waals surface area contributed by atoms with Crippen molar-refractivity contribution in [2.24, 2.45) is 5.92 Å². The molecule has 5 nitrogen and oxygen atoms in total. The molecule has 4 rings (SSSR count). The summed E-state index contributed by atoms with van der Waals surface area (Å²) in [5, 5.41) is 2.74. The van der Waals surface area contributed by atoms with Gasteiger partial charge in [0.1, 0.15) is 9.92 Å². The van der Waals surface area contributed by atoms with Crippen LogP contribution in [0.15, 0.2) is 68.3 Å². The predicted molar refractivity (Wildman–Crippen MR) is 117 cm³/mol. The molecule has 8 heteroatoms. The van der Waals surface area contributed by atoms with Crippen LogP contribution in [0.25, 0.3) is 0 Å². The summed E-state index contributed by atoms with van der Waals surface area (Å²) in [7, 11) is -3.50. The van der Waals surface area contributed by atoms with Crippen molar-refractivity contribution in [3.8, 4) is 0 Å². The quantitative estimate of drug-likeness (QED) is 0.553. The molecule has 0 spiro atoms. The molecule has 0 saturated carbocycles. The average molecular weight is 446 g/mol. The Morgan fingerprint density at radius 3 is 2.52 bits per heavy atom. The SMILES string of the molecule is Cc1csc(Sc2ccc(S(=O)(=O)N3CCC(Cc4ccccc4)CC3)cn2)n1. The van der Waals surface area contributed by atoms with Gasteiger partial charge < -0.3 is 0 Å². The Morgan fingerprint density at radius 1 is 1.14 bits per heavy atom. The van der Waals surface area contributed by atoms with Gasteiger partial charge in [0, 0.05) is 30.4 Å². The summed E-state index contributed by atoms with van der Waals surface area (Å²) >= 11 is 3.02. The summed E-state index contributed by atoms with van der Waals surface area (Å²) in [6.07, 6.45) is 4.25. The Labute approximate surface area is 180 Å². The third-order valence-corrected chi connectivity index (χ3v) is 8.97. The predicted octanol–water partition coefficient (Wildman–Crippen LogP) is 4.64. The van der Waals surface area contributed by atoms with Crippen molar-refractivity contribution in [2.75, 3.05) is 13.1 Å². The Morgan fingerprint density at radius 2 is 1.90 bits per heavy atom. The summed E-state index contributed by atoms with van der Waals surface area (Å²) in [5.74, 6) is 0.530. The maximum atomic E-state index is 13.0. The van der Waals surface area contributed by atoms with Crippen LogP contribution < -0.4 is 0 Å². The van der Waals surface area contributed by atoms with Gasteiger partial charge >= 0.3 is 0 Å². The van der Waals surface area contributed by atoms with Crippen molar-refractivity contribution in [2.45, 2.75) is 40.4 Å². The lowest BCUT2D eigenvalue weighted by Gasteiger charge is -2.31. The molecule has 2 aromatic heterocycles. The molecule has 0 aliphatic carbocycles. The van der Waals surface area contributed by atoms with E-state index in [-0.39, 0.29) is 4.90 Å². The lowest BCUT2D eigenvalue weighted by Crippen LogP contribution is -2.38. The van der Waals surface area contributed by atoms with Gasteiger partial charge in [0.25, 0.3) is 0 Å². The van der Waals surface area contributed by atoms with Crippen molar-refractivity contribution in [3.05, 3.63) is 65.3 Å². The van der Waals surface area contributed by atoms with Crippen LogP contribution in [0, 0.1) is 12.8 Å². The van der Waals surface area contributed by atoms with Crippen molar-refractivity contribution < 1.29 is 8.42 Å². The molecule has 3 heterocycles. The average Bonchev–Trinajstić information content (AvgIpc) is 3.14. The standard InChI is InChI=1S/C21H23N3O2S3/c1-16-15-27-21(23-16)28-20-8-7-19(14-22-20)29(25,26)24-11-9-18(10-12-24)13-17-5-3-2-4-6-17/h2-8,14-15,18H,9-13H2,1H3. The Hall–Kier alpha value is -1.74. The van der Waals surface area contributed by atoms with E-state index in [9.17, 15) is 8.42 Å². The van der Waals surface area contributed by atoms with E-state index in [1.54, 1.807) is 27.8 Å². The lowest BCUT2D eigenvalue weighted by atomic mass is 9.91. The van der Waals surface area contributed by atoms with Crippen LogP contribution in [-0.4, -0.2) is 35.8 Å². The molecule has 0 radical (unpaired) electrons. The highest BCUT2D eigenvalue weighted by Crippen LogP contribution is 2.30. The zero-order valence-corrected chi connectivity index (χ0v) is 18.6. The van der Waals surface area contributed by atoms with Gasteiger partial charge in [-0.15, -0.1) is 11.3 Å². The molecule has 0 unspecified atom stereocenters. The van der Waals surface area contributed by atoms with Gasteiger partial charge in [-0.05, 0) is 61.6 Å². The smallest absolute Gasteiger partial charge is 0.244 e. The minimum absolute atomic E-state index is 0.263. The van der Waals surface area contributed by atoms with Crippen LogP contribution in [0.2, 0.25) is 0 Å². The molecule has 1 aliphatic heterocycles. The van der Waals surface area contributed by atoms with Crippen molar-refractivity contribution in [1.29, 1.82) is 0 Å². The first-order valence-electron chi connectivity index (χ1n) is 9.61. The number of pyridine rings is 1. The third-order valence-electron chi connectivity index (χ3n) is 5.08. The Bertz CT molecular complexity index is 1040. The van der Waals surface area contributed by atoms with Crippen LogP contribution in [0.5, 0.6) is 0 Å². The molecule has 29 heavy (non-hydrogen) atoms. The summed E-state index contributed by atoms with van der Waals surface area (Å²) < 4.78 is 28.5. The minimum Gasteiger partial charge on any atom is -0.248 e. The number of nitrogens with zero attached hydrogens (tertiary/aromatic N) is 3. The lowest BCUT2D eigenvalue weighted by molar-refractivity contribution is 0.273. The second-order valence-electron chi connectivity index (χ2n) is 7.23. The third kappa shape index (κ3) is 5.06. The van der Waals surface area contributed by atoms with Crippen molar-refractivity contribution in [1.82, 2.24) is 14.3 Å². The second kappa shape index (κ2) is 8.95. The number of piperidine rings is 1. The molecule has 0 N–H and O–H groups in total. The highest BCUT2D eigenvalue weighted by atomic mass is 32.2. The van der Waals surface area contributed by atoms with Crippen LogP contribution in [-0.2, 0) is 16.4 Å². The molecule has 1 saturated heterocycles. The Balaban J connectivity index is 1.37. The van der Waals surface area contributed by atoms with E-state index < -0.39 is 10.0 Å². The molecule has 3 aromatic rings. The summed E-state index contributed by atoms with van der Waals surface area (Å²) in [5.41, 5.74) is 2.30. The van der Waals surface area contributed by atoms with Gasteiger partial charge in [-0.25, -0.2) is 18.4 Å². The monoisotopic (exact) mass is 445 g/mol. The van der Waals surface area contributed by atoms with E-state index in [2.05, 4.69) is 34.2 Å². The minimum atomic E-state index is -3.50. The van der Waals surface area contributed by atoms with Crippen LogP contribution in [0.4, 0.5) is 0 Å². The van der Waals surface area contributed by atoms with Gasteiger partial charge in [0.05, 0.1) is 0 Å². The van der Waals surface area contributed by atoms with Gasteiger partial charge in [0.2, 0.25) is 10.0 Å². The zero-order chi connectivity index (χ0) is 20.3. The van der Waals surface area contributed by atoms with Crippen LogP contribution in [0.1, 0.15) is 24.1 Å².